The quantitative estimate of drug-likeness (QED) is 0.0794. The minimum absolute atomic E-state index is 0.185. The summed E-state index contributed by atoms with van der Waals surface area (Å²) in [4.78, 5) is 35.0. The van der Waals surface area contributed by atoms with Crippen LogP contribution in [0, 0.1) is 10.1 Å². The van der Waals surface area contributed by atoms with Crippen molar-refractivity contribution >= 4 is 17.5 Å². The van der Waals surface area contributed by atoms with Crippen molar-refractivity contribution < 1.29 is 84.5 Å². The van der Waals surface area contributed by atoms with Crippen LogP contribution < -0.4 is 15.4 Å². The third-order valence-electron chi connectivity index (χ3n) is 8.86. The molecule has 0 aliphatic carbocycles. The first-order valence-electron chi connectivity index (χ1n) is 15.1. The van der Waals surface area contributed by atoms with E-state index in [2.05, 4.69) is 10.6 Å². The summed E-state index contributed by atoms with van der Waals surface area (Å²) < 4.78 is 22.9. The molecule has 3 fully saturated rings. The maximum absolute atomic E-state index is 12.5. The second-order valence-electron chi connectivity index (χ2n) is 12.1. The number of ether oxygens (including phenoxy) is 4. The van der Waals surface area contributed by atoms with Gasteiger partial charge in [-0.05, 0) is 12.1 Å². The van der Waals surface area contributed by atoms with Gasteiger partial charge in [0.1, 0.15) is 90.6 Å². The Bertz CT molecular complexity index is 1320. The molecule has 276 valence electrons. The van der Waals surface area contributed by atoms with Crippen LogP contribution in [0.1, 0.15) is 13.8 Å². The molecule has 1 aromatic carbocycles. The molecule has 0 spiro atoms. The molecule has 1 unspecified atom stereocenters. The van der Waals surface area contributed by atoms with Crippen molar-refractivity contribution in [1.29, 1.82) is 0 Å². The lowest BCUT2D eigenvalue weighted by Gasteiger charge is -2.57. The Balaban J connectivity index is 1.85. The Morgan fingerprint density at radius 2 is 1.41 bits per heavy atom. The highest BCUT2D eigenvalue weighted by molar-refractivity contribution is 5.74. The van der Waals surface area contributed by atoms with E-state index in [1.165, 1.54) is 0 Å². The smallest absolute Gasteiger partial charge is 0.269 e. The van der Waals surface area contributed by atoms with Crippen molar-refractivity contribution in [3.05, 3.63) is 34.4 Å². The van der Waals surface area contributed by atoms with Crippen molar-refractivity contribution in [2.45, 2.75) is 111 Å². The molecular weight excluding hydrogens is 666 g/mol. The molecule has 1 aromatic rings. The van der Waals surface area contributed by atoms with E-state index in [9.17, 15) is 70.8 Å². The predicted octanol–water partition coefficient (Wildman–Crippen LogP) is -6.52. The first-order valence-corrected chi connectivity index (χ1v) is 15.1. The van der Waals surface area contributed by atoms with E-state index < -0.39 is 127 Å². The van der Waals surface area contributed by atoms with Gasteiger partial charge in [-0.15, -0.1) is 0 Å². The standard InChI is InChI=1S/C28H41N3O18/c1-9(34)29-15-18(38)16(36)13(7-32)47-22(15)21(41)23-25(42)28(43,26-20(40)19(39)17(37)14(8-33)48-26)24(30-10(2)35)27(49-23)46-12-5-3-11(4-6-12)31(44)45/h3-6,13-27,32-33,36-43H,7-8H2,1-2H3,(H,29,34)(H,30,35)/t13-,14-,15-,16-,17+,18-,19+,20-,21?,22-,23-,24+,25+,26-,27+,28-/m1/s1. The number of benzene rings is 1. The van der Waals surface area contributed by atoms with Crippen LogP contribution in [0.25, 0.3) is 0 Å². The first-order chi connectivity index (χ1) is 23.0. The van der Waals surface area contributed by atoms with Crippen LogP contribution in [-0.2, 0) is 23.8 Å². The van der Waals surface area contributed by atoms with E-state index in [-0.39, 0.29) is 11.4 Å². The molecule has 16 atom stereocenters. The van der Waals surface area contributed by atoms with Gasteiger partial charge in [-0.1, -0.05) is 0 Å². The van der Waals surface area contributed by atoms with Crippen LogP contribution in [0.5, 0.6) is 5.75 Å². The molecular formula is C28H41N3O18. The summed E-state index contributed by atoms with van der Waals surface area (Å²) in [7, 11) is 0. The molecule has 0 aromatic heterocycles. The Labute approximate surface area is 277 Å². The van der Waals surface area contributed by atoms with E-state index >= 15 is 0 Å². The SMILES string of the molecule is CC(=O)N[C@@H]1[C@@H](O)[C@H](O)[C@@H](CO)O[C@H]1C(O)[C@H]1O[C@H](Oc2ccc([N+](=O)[O-])cc2)[C@H](NC(C)=O)[C@](O)([C@@H]2O[C@H](CO)[C@H](O)[C@H](O)[C@H]2O)[C@H]1O. The van der Waals surface area contributed by atoms with Gasteiger partial charge < -0.3 is 80.6 Å². The number of carbonyl (C=O) groups excluding carboxylic acids is 2. The summed E-state index contributed by atoms with van der Waals surface area (Å²) in [6.07, 6.45) is -26.1. The summed E-state index contributed by atoms with van der Waals surface area (Å²) in [5, 5.41) is 125. The average Bonchev–Trinajstić information content (AvgIpc) is 3.05. The zero-order valence-corrected chi connectivity index (χ0v) is 26.1. The van der Waals surface area contributed by atoms with Crippen LogP contribution in [0.2, 0.25) is 0 Å². The van der Waals surface area contributed by atoms with E-state index in [1.807, 2.05) is 0 Å². The molecule has 2 amide bonds. The monoisotopic (exact) mass is 707 g/mol. The average molecular weight is 708 g/mol. The molecule has 4 rings (SSSR count). The number of nitro groups is 1. The predicted molar refractivity (Wildman–Crippen MR) is 156 cm³/mol. The summed E-state index contributed by atoms with van der Waals surface area (Å²) >= 11 is 0. The minimum Gasteiger partial charge on any atom is -0.463 e. The highest BCUT2D eigenvalue weighted by Crippen LogP contribution is 2.42. The summed E-state index contributed by atoms with van der Waals surface area (Å²) in [6, 6.07) is 0.657. The van der Waals surface area contributed by atoms with Crippen LogP contribution in [0.3, 0.4) is 0 Å². The third kappa shape index (κ3) is 7.49. The van der Waals surface area contributed by atoms with Crippen molar-refractivity contribution in [2.75, 3.05) is 13.2 Å². The number of rotatable bonds is 10. The highest BCUT2D eigenvalue weighted by Gasteiger charge is 2.67. The number of amides is 2. The zero-order chi connectivity index (χ0) is 36.5. The molecule has 3 aliphatic rings. The van der Waals surface area contributed by atoms with Crippen LogP contribution in [0.4, 0.5) is 5.69 Å². The Morgan fingerprint density at radius 1 is 0.857 bits per heavy atom. The number of hydrogen-bond donors (Lipinski definition) is 12. The molecule has 3 saturated heterocycles. The van der Waals surface area contributed by atoms with Gasteiger partial charge in [0, 0.05) is 26.0 Å². The molecule has 21 heteroatoms. The van der Waals surface area contributed by atoms with Gasteiger partial charge in [-0.2, -0.15) is 0 Å². The Morgan fingerprint density at radius 3 is 1.94 bits per heavy atom. The fraction of sp³-hybridized carbons (Fsp3) is 0.714. The topological polar surface area (TPSA) is 341 Å². The number of nitro benzene ring substituents is 1. The number of carbonyl (C=O) groups is 2. The number of aliphatic hydroxyl groups excluding tert-OH is 9. The number of nitrogens with one attached hydrogen (secondary N) is 2. The summed E-state index contributed by atoms with van der Waals surface area (Å²) in [6.45, 7) is 0.157. The van der Waals surface area contributed by atoms with Crippen LogP contribution in [0.15, 0.2) is 24.3 Å². The van der Waals surface area contributed by atoms with Crippen molar-refractivity contribution in [3.63, 3.8) is 0 Å². The van der Waals surface area contributed by atoms with Crippen molar-refractivity contribution in [3.8, 4) is 5.75 Å². The minimum atomic E-state index is -3.08. The second kappa shape index (κ2) is 15.4. The number of nitrogens with zero attached hydrogens (tertiary/aromatic N) is 1. The molecule has 3 heterocycles. The number of hydrogen-bond acceptors (Lipinski definition) is 18. The van der Waals surface area contributed by atoms with E-state index in [1.54, 1.807) is 0 Å². The maximum atomic E-state index is 12.5. The Kier molecular flexibility index (Phi) is 12.1. The molecule has 0 radical (unpaired) electrons. The normalized spacial score (nSPS) is 41.7. The third-order valence-corrected chi connectivity index (χ3v) is 8.86. The lowest BCUT2D eigenvalue weighted by Crippen LogP contribution is -2.82. The zero-order valence-electron chi connectivity index (χ0n) is 26.1. The second-order valence-corrected chi connectivity index (χ2v) is 12.1. The van der Waals surface area contributed by atoms with Crippen molar-refractivity contribution in [1.82, 2.24) is 10.6 Å². The lowest BCUT2D eigenvalue weighted by molar-refractivity contribution is -0.384. The van der Waals surface area contributed by atoms with Gasteiger partial charge in [0.2, 0.25) is 18.1 Å². The van der Waals surface area contributed by atoms with Gasteiger partial charge in [0.05, 0.1) is 24.2 Å². The number of non-ortho nitro benzene ring substituents is 1. The lowest BCUT2D eigenvalue weighted by atomic mass is 9.71. The fourth-order valence-electron chi connectivity index (χ4n) is 6.38. The van der Waals surface area contributed by atoms with Crippen molar-refractivity contribution in [2.24, 2.45) is 0 Å². The Hall–Kier alpha value is -3.16. The molecule has 49 heavy (non-hydrogen) atoms. The van der Waals surface area contributed by atoms with Gasteiger partial charge >= 0.3 is 0 Å². The number of aliphatic hydroxyl groups is 10. The van der Waals surface area contributed by atoms with Gasteiger partial charge in [-0.3, -0.25) is 19.7 Å². The van der Waals surface area contributed by atoms with Gasteiger partial charge in [0.15, 0.2) is 0 Å². The van der Waals surface area contributed by atoms with E-state index in [4.69, 9.17) is 18.9 Å². The van der Waals surface area contributed by atoms with E-state index in [0.29, 0.717) is 0 Å². The van der Waals surface area contributed by atoms with Gasteiger partial charge in [-0.25, -0.2) is 0 Å². The highest BCUT2D eigenvalue weighted by atomic mass is 16.7. The summed E-state index contributed by atoms with van der Waals surface area (Å²) in [5.74, 6) is -1.84. The summed E-state index contributed by atoms with van der Waals surface area (Å²) in [5.41, 5.74) is -3.43. The van der Waals surface area contributed by atoms with Gasteiger partial charge in [0.25, 0.3) is 5.69 Å². The molecule has 3 aliphatic heterocycles. The first kappa shape index (κ1) is 38.6. The molecule has 0 bridgehead atoms. The molecule has 0 saturated carbocycles. The molecule has 12 N–H and O–H groups in total. The largest absolute Gasteiger partial charge is 0.463 e. The van der Waals surface area contributed by atoms with Crippen LogP contribution >= 0.6 is 0 Å². The maximum Gasteiger partial charge on any atom is 0.269 e. The van der Waals surface area contributed by atoms with E-state index in [0.717, 1.165) is 38.1 Å². The molecule has 21 nitrogen and oxygen atoms in total. The van der Waals surface area contributed by atoms with Crippen LogP contribution in [-0.4, -0.2) is 178 Å². The fourth-order valence-corrected chi connectivity index (χ4v) is 6.38.